The van der Waals surface area contributed by atoms with Crippen molar-refractivity contribution in [1.82, 2.24) is 4.90 Å². The van der Waals surface area contributed by atoms with Gasteiger partial charge in [0.2, 0.25) is 0 Å². The fraction of sp³-hybridized carbons (Fsp3) is 1.00. The Morgan fingerprint density at radius 3 is 2.08 bits per heavy atom. The highest BCUT2D eigenvalue weighted by Crippen LogP contribution is 2.08. The molecule has 0 fully saturated rings. The van der Waals surface area contributed by atoms with E-state index in [1.807, 2.05) is 0 Å². The van der Waals surface area contributed by atoms with Gasteiger partial charge in [-0.25, -0.2) is 0 Å². The van der Waals surface area contributed by atoms with E-state index >= 15 is 0 Å². The Morgan fingerprint density at radius 1 is 1.25 bits per heavy atom. The second kappa shape index (κ2) is 6.44. The monoisotopic (exact) mass is 172 g/mol. The van der Waals surface area contributed by atoms with E-state index in [0.717, 1.165) is 13.0 Å². The van der Waals surface area contributed by atoms with Gasteiger partial charge in [0.1, 0.15) is 0 Å². The van der Waals surface area contributed by atoms with E-state index in [0.29, 0.717) is 12.1 Å². The van der Waals surface area contributed by atoms with Gasteiger partial charge in [0, 0.05) is 18.6 Å². The quantitative estimate of drug-likeness (QED) is 0.662. The van der Waals surface area contributed by atoms with Crippen LogP contribution in [0.2, 0.25) is 0 Å². The Balaban J connectivity index is 4.05. The minimum atomic E-state index is 0.574. The summed E-state index contributed by atoms with van der Waals surface area (Å²) in [5.74, 6) is 0. The van der Waals surface area contributed by atoms with Crippen molar-refractivity contribution < 1.29 is 0 Å². The van der Waals surface area contributed by atoms with Gasteiger partial charge in [-0.05, 0) is 33.2 Å². The highest BCUT2D eigenvalue weighted by Gasteiger charge is 2.16. The molecule has 0 aliphatic rings. The van der Waals surface area contributed by atoms with Crippen LogP contribution >= 0.6 is 0 Å². The van der Waals surface area contributed by atoms with Crippen molar-refractivity contribution in [3.8, 4) is 0 Å². The van der Waals surface area contributed by atoms with E-state index in [1.54, 1.807) is 0 Å². The predicted molar refractivity (Wildman–Crippen MR) is 55.3 cm³/mol. The predicted octanol–water partition coefficient (Wildman–Crippen LogP) is 1.84. The standard InChI is InChI=1S/C10H24N2/c1-5-7-12(9(3)4)10(6-2)8-11/h9-10H,5-8,11H2,1-4H3. The van der Waals surface area contributed by atoms with Crippen LogP contribution in [0.5, 0.6) is 0 Å². The molecule has 0 amide bonds. The molecule has 2 N–H and O–H groups in total. The van der Waals surface area contributed by atoms with Crippen LogP contribution in [0.25, 0.3) is 0 Å². The average molecular weight is 172 g/mol. The van der Waals surface area contributed by atoms with Gasteiger partial charge in [-0.1, -0.05) is 13.8 Å². The maximum Gasteiger partial charge on any atom is 0.0218 e. The normalized spacial score (nSPS) is 14.2. The lowest BCUT2D eigenvalue weighted by molar-refractivity contribution is 0.153. The van der Waals surface area contributed by atoms with Gasteiger partial charge in [0.15, 0.2) is 0 Å². The minimum Gasteiger partial charge on any atom is -0.329 e. The van der Waals surface area contributed by atoms with Gasteiger partial charge in [0.05, 0.1) is 0 Å². The van der Waals surface area contributed by atoms with Crippen molar-refractivity contribution in [1.29, 1.82) is 0 Å². The molecule has 0 saturated heterocycles. The maximum atomic E-state index is 5.71. The molecule has 0 aromatic carbocycles. The van der Waals surface area contributed by atoms with Gasteiger partial charge in [-0.2, -0.15) is 0 Å². The summed E-state index contributed by atoms with van der Waals surface area (Å²) in [4.78, 5) is 2.50. The molecular weight excluding hydrogens is 148 g/mol. The van der Waals surface area contributed by atoms with Crippen LogP contribution in [0.3, 0.4) is 0 Å². The first-order valence-electron chi connectivity index (χ1n) is 5.13. The van der Waals surface area contributed by atoms with Crippen molar-refractivity contribution >= 4 is 0 Å². The van der Waals surface area contributed by atoms with Crippen molar-refractivity contribution in [3.05, 3.63) is 0 Å². The summed E-state index contributed by atoms with van der Waals surface area (Å²) in [5, 5.41) is 0. The molecule has 0 aliphatic heterocycles. The lowest BCUT2D eigenvalue weighted by Gasteiger charge is -2.33. The molecule has 0 spiro atoms. The van der Waals surface area contributed by atoms with Crippen LogP contribution < -0.4 is 5.73 Å². The Kier molecular flexibility index (Phi) is 6.39. The zero-order chi connectivity index (χ0) is 9.56. The molecule has 0 aliphatic carbocycles. The number of nitrogens with two attached hydrogens (primary N) is 1. The first kappa shape index (κ1) is 11.9. The molecular formula is C10H24N2. The third kappa shape index (κ3) is 3.55. The maximum absolute atomic E-state index is 5.71. The Hall–Kier alpha value is -0.0800. The highest BCUT2D eigenvalue weighted by atomic mass is 15.2. The van der Waals surface area contributed by atoms with Crippen LogP contribution in [-0.2, 0) is 0 Å². The largest absolute Gasteiger partial charge is 0.329 e. The molecule has 1 atom stereocenters. The SMILES string of the molecule is CCCN(C(C)C)C(CC)CN. The Morgan fingerprint density at radius 2 is 1.83 bits per heavy atom. The molecule has 0 saturated carbocycles. The van der Waals surface area contributed by atoms with Crippen LogP contribution in [0.15, 0.2) is 0 Å². The fourth-order valence-corrected chi connectivity index (χ4v) is 1.66. The lowest BCUT2D eigenvalue weighted by Crippen LogP contribution is -2.44. The lowest BCUT2D eigenvalue weighted by atomic mass is 10.1. The van der Waals surface area contributed by atoms with Crippen LogP contribution in [0, 0.1) is 0 Å². The third-order valence-electron chi connectivity index (χ3n) is 2.36. The molecule has 2 nitrogen and oxygen atoms in total. The van der Waals surface area contributed by atoms with Gasteiger partial charge in [-0.15, -0.1) is 0 Å². The van der Waals surface area contributed by atoms with Crippen LogP contribution in [-0.4, -0.2) is 30.1 Å². The van der Waals surface area contributed by atoms with E-state index in [4.69, 9.17) is 5.73 Å². The fourth-order valence-electron chi connectivity index (χ4n) is 1.66. The van der Waals surface area contributed by atoms with E-state index in [1.165, 1.54) is 13.0 Å². The summed E-state index contributed by atoms with van der Waals surface area (Å²) in [7, 11) is 0. The minimum absolute atomic E-state index is 0.574. The molecule has 0 heterocycles. The molecule has 0 aromatic rings. The van der Waals surface area contributed by atoms with E-state index < -0.39 is 0 Å². The van der Waals surface area contributed by atoms with Crippen LogP contribution in [0.4, 0.5) is 0 Å². The Bertz CT molecular complexity index is 98.0. The zero-order valence-corrected chi connectivity index (χ0v) is 9.01. The third-order valence-corrected chi connectivity index (χ3v) is 2.36. The summed E-state index contributed by atoms with van der Waals surface area (Å²) in [5.41, 5.74) is 5.71. The smallest absolute Gasteiger partial charge is 0.0218 e. The van der Waals surface area contributed by atoms with Crippen molar-refractivity contribution in [2.24, 2.45) is 5.73 Å². The zero-order valence-electron chi connectivity index (χ0n) is 9.01. The van der Waals surface area contributed by atoms with Gasteiger partial charge >= 0.3 is 0 Å². The van der Waals surface area contributed by atoms with Gasteiger partial charge < -0.3 is 5.73 Å². The molecule has 0 bridgehead atoms. The summed E-state index contributed by atoms with van der Waals surface area (Å²) >= 11 is 0. The second-order valence-electron chi connectivity index (χ2n) is 3.63. The molecule has 0 aromatic heterocycles. The summed E-state index contributed by atoms with van der Waals surface area (Å²) in [6.07, 6.45) is 2.38. The number of hydrogen-bond donors (Lipinski definition) is 1. The molecule has 0 radical (unpaired) electrons. The number of hydrogen-bond acceptors (Lipinski definition) is 2. The van der Waals surface area contributed by atoms with Crippen LogP contribution in [0.1, 0.15) is 40.5 Å². The number of rotatable bonds is 6. The molecule has 0 rings (SSSR count). The van der Waals surface area contributed by atoms with E-state index in [-0.39, 0.29) is 0 Å². The van der Waals surface area contributed by atoms with Crippen molar-refractivity contribution in [2.75, 3.05) is 13.1 Å². The average Bonchev–Trinajstić information content (AvgIpc) is 2.05. The van der Waals surface area contributed by atoms with E-state index in [2.05, 4.69) is 32.6 Å². The first-order valence-corrected chi connectivity index (χ1v) is 5.13. The van der Waals surface area contributed by atoms with Gasteiger partial charge in [0.25, 0.3) is 0 Å². The van der Waals surface area contributed by atoms with Crippen molar-refractivity contribution in [3.63, 3.8) is 0 Å². The summed E-state index contributed by atoms with van der Waals surface area (Å²) in [6, 6.07) is 1.20. The molecule has 2 heteroatoms. The van der Waals surface area contributed by atoms with Gasteiger partial charge in [-0.3, -0.25) is 4.90 Å². The van der Waals surface area contributed by atoms with E-state index in [9.17, 15) is 0 Å². The summed E-state index contributed by atoms with van der Waals surface area (Å²) < 4.78 is 0. The molecule has 1 unspecified atom stereocenters. The topological polar surface area (TPSA) is 29.3 Å². The number of nitrogens with zero attached hydrogens (tertiary/aromatic N) is 1. The first-order chi connectivity index (χ1) is 5.67. The van der Waals surface area contributed by atoms with Crippen molar-refractivity contribution in [2.45, 2.75) is 52.6 Å². The summed E-state index contributed by atoms with van der Waals surface area (Å²) in [6.45, 7) is 10.9. The highest BCUT2D eigenvalue weighted by molar-refractivity contribution is 4.73. The Labute approximate surface area is 77.1 Å². The molecule has 74 valence electrons. The second-order valence-corrected chi connectivity index (χ2v) is 3.63. The molecule has 12 heavy (non-hydrogen) atoms.